The first-order valence-electron chi connectivity index (χ1n) is 8.44. The van der Waals surface area contributed by atoms with E-state index >= 15 is 0 Å². The number of hydrogen-bond acceptors (Lipinski definition) is 5. The van der Waals surface area contributed by atoms with E-state index in [1.807, 2.05) is 17.0 Å². The molecule has 1 amide bonds. The third-order valence-electron chi connectivity index (χ3n) is 5.30. The molecule has 0 unspecified atom stereocenters. The van der Waals surface area contributed by atoms with E-state index in [9.17, 15) is 4.79 Å². The molecule has 2 aliphatic rings. The van der Waals surface area contributed by atoms with Crippen LogP contribution in [0.4, 0.5) is 0 Å². The van der Waals surface area contributed by atoms with Crippen LogP contribution in [-0.2, 0) is 22.5 Å². The van der Waals surface area contributed by atoms with Crippen LogP contribution in [0.1, 0.15) is 24.0 Å². The molecule has 6 heteroatoms. The summed E-state index contributed by atoms with van der Waals surface area (Å²) < 4.78 is 16.2. The predicted octanol–water partition coefficient (Wildman–Crippen LogP) is 1.34. The number of carbonyl (C=O) groups excluding carboxylic acids is 1. The van der Waals surface area contributed by atoms with Crippen molar-refractivity contribution in [3.05, 3.63) is 23.3 Å². The minimum atomic E-state index is -0.466. The van der Waals surface area contributed by atoms with Crippen molar-refractivity contribution in [2.75, 3.05) is 40.5 Å². The predicted molar refractivity (Wildman–Crippen MR) is 90.2 cm³/mol. The van der Waals surface area contributed by atoms with Gasteiger partial charge >= 0.3 is 0 Å². The lowest BCUT2D eigenvalue weighted by molar-refractivity contribution is -0.148. The highest BCUT2D eigenvalue weighted by atomic mass is 16.5. The molecule has 0 spiro atoms. The number of fused-ring (bicyclic) bond motifs is 1. The molecule has 1 aromatic carbocycles. The molecule has 0 bridgehead atoms. The van der Waals surface area contributed by atoms with E-state index in [2.05, 4.69) is 0 Å². The van der Waals surface area contributed by atoms with E-state index in [0.717, 1.165) is 17.7 Å². The van der Waals surface area contributed by atoms with Gasteiger partial charge in [-0.3, -0.25) is 4.79 Å². The molecular formula is C18H26N2O4. The second-order valence-electron chi connectivity index (χ2n) is 6.55. The normalized spacial score (nSPS) is 19.5. The first kappa shape index (κ1) is 17.0. The number of hydrogen-bond donors (Lipinski definition) is 1. The second-order valence-corrected chi connectivity index (χ2v) is 6.55. The van der Waals surface area contributed by atoms with Crippen LogP contribution in [0.3, 0.4) is 0 Å². The summed E-state index contributed by atoms with van der Waals surface area (Å²) >= 11 is 0. The number of amides is 1. The molecule has 1 aromatic rings. The summed E-state index contributed by atoms with van der Waals surface area (Å²) in [6.45, 7) is 2.91. The standard InChI is InChI=1S/C18H26N2O4/c1-22-15-9-13-3-6-20(11-14(13)10-16(15)23-2)17(21)18(12-19)4-7-24-8-5-18/h9-10H,3-8,11-12,19H2,1-2H3. The lowest BCUT2D eigenvalue weighted by atomic mass is 9.78. The summed E-state index contributed by atoms with van der Waals surface area (Å²) in [5.74, 6) is 1.60. The number of nitrogens with two attached hydrogens (primary N) is 1. The van der Waals surface area contributed by atoms with E-state index in [1.165, 1.54) is 5.56 Å². The van der Waals surface area contributed by atoms with Crippen LogP contribution in [0.25, 0.3) is 0 Å². The Hall–Kier alpha value is -1.79. The highest BCUT2D eigenvalue weighted by molar-refractivity contribution is 5.83. The summed E-state index contributed by atoms with van der Waals surface area (Å²) in [5.41, 5.74) is 7.85. The van der Waals surface area contributed by atoms with Crippen molar-refractivity contribution in [2.24, 2.45) is 11.1 Å². The molecule has 2 aliphatic heterocycles. The van der Waals surface area contributed by atoms with Crippen molar-refractivity contribution in [3.63, 3.8) is 0 Å². The van der Waals surface area contributed by atoms with Crippen LogP contribution in [0.2, 0.25) is 0 Å². The van der Waals surface area contributed by atoms with Gasteiger partial charge < -0.3 is 24.8 Å². The summed E-state index contributed by atoms with van der Waals surface area (Å²) in [7, 11) is 3.26. The zero-order valence-corrected chi connectivity index (χ0v) is 14.5. The van der Waals surface area contributed by atoms with Gasteiger partial charge in [0.25, 0.3) is 0 Å². The van der Waals surface area contributed by atoms with Crippen molar-refractivity contribution < 1.29 is 19.0 Å². The molecule has 1 fully saturated rings. The Labute approximate surface area is 142 Å². The number of benzene rings is 1. The lowest BCUT2D eigenvalue weighted by Gasteiger charge is -2.40. The fourth-order valence-electron chi connectivity index (χ4n) is 3.66. The Morgan fingerprint density at radius 3 is 2.42 bits per heavy atom. The van der Waals surface area contributed by atoms with Crippen molar-refractivity contribution >= 4 is 5.91 Å². The molecular weight excluding hydrogens is 308 g/mol. The number of carbonyl (C=O) groups is 1. The average Bonchev–Trinajstić information content (AvgIpc) is 2.66. The molecule has 3 rings (SSSR count). The lowest BCUT2D eigenvalue weighted by Crippen LogP contribution is -2.51. The van der Waals surface area contributed by atoms with Gasteiger partial charge in [0.05, 0.1) is 19.6 Å². The van der Waals surface area contributed by atoms with E-state index in [-0.39, 0.29) is 5.91 Å². The Bertz CT molecular complexity index is 611. The van der Waals surface area contributed by atoms with Gasteiger partial charge in [-0.1, -0.05) is 0 Å². The van der Waals surface area contributed by atoms with Gasteiger partial charge in [-0.2, -0.15) is 0 Å². The summed E-state index contributed by atoms with van der Waals surface area (Å²) in [6.07, 6.45) is 2.23. The number of ether oxygens (including phenoxy) is 3. The van der Waals surface area contributed by atoms with Gasteiger partial charge in [-0.25, -0.2) is 0 Å². The molecule has 2 N–H and O–H groups in total. The van der Waals surface area contributed by atoms with Gasteiger partial charge in [0.2, 0.25) is 5.91 Å². The summed E-state index contributed by atoms with van der Waals surface area (Å²) in [6, 6.07) is 4.00. The molecule has 0 atom stereocenters. The van der Waals surface area contributed by atoms with Crippen LogP contribution in [0, 0.1) is 5.41 Å². The number of rotatable bonds is 4. The van der Waals surface area contributed by atoms with Crippen molar-refractivity contribution in [1.29, 1.82) is 0 Å². The van der Waals surface area contributed by atoms with E-state index in [1.54, 1.807) is 14.2 Å². The van der Waals surface area contributed by atoms with E-state index in [4.69, 9.17) is 19.9 Å². The maximum absolute atomic E-state index is 13.1. The van der Waals surface area contributed by atoms with Gasteiger partial charge in [0, 0.05) is 32.8 Å². The van der Waals surface area contributed by atoms with Crippen molar-refractivity contribution in [3.8, 4) is 11.5 Å². The molecule has 0 radical (unpaired) electrons. The Morgan fingerprint density at radius 2 is 1.83 bits per heavy atom. The first-order valence-corrected chi connectivity index (χ1v) is 8.44. The molecule has 0 saturated carbocycles. The maximum Gasteiger partial charge on any atom is 0.230 e. The minimum absolute atomic E-state index is 0.161. The maximum atomic E-state index is 13.1. The molecule has 1 saturated heterocycles. The molecule has 24 heavy (non-hydrogen) atoms. The summed E-state index contributed by atoms with van der Waals surface area (Å²) in [4.78, 5) is 15.1. The van der Waals surface area contributed by atoms with Crippen LogP contribution < -0.4 is 15.2 Å². The third kappa shape index (κ3) is 2.96. The number of nitrogens with zero attached hydrogens (tertiary/aromatic N) is 1. The van der Waals surface area contributed by atoms with Gasteiger partial charge in [0.15, 0.2) is 11.5 Å². The highest BCUT2D eigenvalue weighted by Gasteiger charge is 2.42. The Morgan fingerprint density at radius 1 is 1.21 bits per heavy atom. The quantitative estimate of drug-likeness (QED) is 0.899. The molecule has 6 nitrogen and oxygen atoms in total. The minimum Gasteiger partial charge on any atom is -0.493 e. The zero-order chi connectivity index (χ0) is 17.2. The summed E-state index contributed by atoms with van der Waals surface area (Å²) in [5, 5.41) is 0. The van der Waals surface area contributed by atoms with Crippen LogP contribution in [0.15, 0.2) is 12.1 Å². The zero-order valence-electron chi connectivity index (χ0n) is 14.5. The van der Waals surface area contributed by atoms with Crippen molar-refractivity contribution in [1.82, 2.24) is 4.90 Å². The Kier molecular flexibility index (Phi) is 4.96. The van der Waals surface area contributed by atoms with E-state index in [0.29, 0.717) is 51.4 Å². The van der Waals surface area contributed by atoms with Crippen LogP contribution in [0.5, 0.6) is 11.5 Å². The van der Waals surface area contributed by atoms with Crippen LogP contribution >= 0.6 is 0 Å². The SMILES string of the molecule is COc1cc2c(cc1OC)CN(C(=O)C1(CN)CCOCC1)CC2. The van der Waals surface area contributed by atoms with Gasteiger partial charge in [-0.05, 0) is 42.5 Å². The fourth-order valence-corrected chi connectivity index (χ4v) is 3.66. The smallest absolute Gasteiger partial charge is 0.230 e. The van der Waals surface area contributed by atoms with Crippen molar-refractivity contribution in [2.45, 2.75) is 25.8 Å². The molecule has 2 heterocycles. The topological polar surface area (TPSA) is 74.0 Å². The fraction of sp³-hybridized carbons (Fsp3) is 0.611. The van der Waals surface area contributed by atoms with Gasteiger partial charge in [0.1, 0.15) is 0 Å². The first-order chi connectivity index (χ1) is 11.6. The largest absolute Gasteiger partial charge is 0.493 e. The average molecular weight is 334 g/mol. The van der Waals surface area contributed by atoms with Gasteiger partial charge in [-0.15, -0.1) is 0 Å². The highest BCUT2D eigenvalue weighted by Crippen LogP contribution is 2.36. The molecule has 0 aliphatic carbocycles. The molecule has 132 valence electrons. The third-order valence-corrected chi connectivity index (χ3v) is 5.30. The molecule has 0 aromatic heterocycles. The number of methoxy groups -OCH3 is 2. The van der Waals surface area contributed by atoms with E-state index < -0.39 is 5.41 Å². The van der Waals surface area contributed by atoms with Crippen LogP contribution in [-0.4, -0.2) is 51.3 Å². The monoisotopic (exact) mass is 334 g/mol. The second kappa shape index (κ2) is 6.99. The Balaban J connectivity index is 1.82.